The summed E-state index contributed by atoms with van der Waals surface area (Å²) in [5.41, 5.74) is 2.50. The maximum atomic E-state index is 6.32. The molecule has 1 saturated heterocycles. The summed E-state index contributed by atoms with van der Waals surface area (Å²) in [6, 6.07) is 2.36. The zero-order chi connectivity index (χ0) is 16.9. The minimum Gasteiger partial charge on any atom is -0.369 e. The molecule has 1 N–H and O–H groups in total. The van der Waals surface area contributed by atoms with Crippen LogP contribution in [0.25, 0.3) is 10.6 Å². The quantitative estimate of drug-likeness (QED) is 0.833. The van der Waals surface area contributed by atoms with E-state index in [-0.39, 0.29) is 5.60 Å². The Morgan fingerprint density at radius 3 is 2.75 bits per heavy atom. The number of hydrogen-bond donors (Lipinski definition) is 1. The topological polar surface area (TPSA) is 52.0 Å². The Morgan fingerprint density at radius 1 is 1.29 bits per heavy atom. The molecular formula is C17H26N4OSSi. The number of fused-ring (bicyclic) bond motifs is 2. The fraction of sp³-hybridized carbons (Fsp3) is 0.647. The second kappa shape index (κ2) is 5.76. The molecule has 0 bridgehead atoms. The molecule has 5 nitrogen and oxygen atoms in total. The third kappa shape index (κ3) is 2.58. The van der Waals surface area contributed by atoms with Crippen molar-refractivity contribution < 1.29 is 4.74 Å². The average molecular weight is 363 g/mol. The second-order valence-electron chi connectivity index (χ2n) is 7.97. The Kier molecular flexibility index (Phi) is 3.95. The van der Waals surface area contributed by atoms with E-state index in [4.69, 9.17) is 4.74 Å². The number of piperidine rings is 1. The smallest absolute Gasteiger partial charge is 0.121 e. The van der Waals surface area contributed by atoms with Crippen molar-refractivity contribution in [3.05, 3.63) is 16.5 Å². The van der Waals surface area contributed by atoms with Crippen molar-refractivity contribution in [3.8, 4) is 10.6 Å². The van der Waals surface area contributed by atoms with Gasteiger partial charge in [0, 0.05) is 17.2 Å². The first-order chi connectivity index (χ1) is 11.4. The molecule has 130 valence electrons. The Labute approximate surface area is 148 Å². The second-order valence-corrected chi connectivity index (χ2v) is 14.0. The first kappa shape index (κ1) is 16.4. The van der Waals surface area contributed by atoms with E-state index in [0.29, 0.717) is 0 Å². The molecule has 2 aromatic rings. The highest BCUT2D eigenvalue weighted by atomic mass is 32.1. The Morgan fingerprint density at radius 2 is 2.04 bits per heavy atom. The molecule has 1 fully saturated rings. The van der Waals surface area contributed by atoms with Gasteiger partial charge in [0.05, 0.1) is 11.5 Å². The van der Waals surface area contributed by atoms with Gasteiger partial charge in [-0.15, -0.1) is 16.4 Å². The number of nitrogens with zero attached hydrogens (tertiary/aromatic N) is 3. The van der Waals surface area contributed by atoms with Crippen molar-refractivity contribution in [2.45, 2.75) is 44.5 Å². The molecule has 7 heteroatoms. The highest BCUT2D eigenvalue weighted by Crippen LogP contribution is 2.46. The van der Waals surface area contributed by atoms with Gasteiger partial charge in [-0.1, -0.05) is 24.9 Å². The third-order valence-electron chi connectivity index (χ3n) is 5.15. The Hall–Kier alpha value is -1.02. The lowest BCUT2D eigenvalue weighted by molar-refractivity contribution is -0.0771. The summed E-state index contributed by atoms with van der Waals surface area (Å²) in [5.74, 6) is 0. The van der Waals surface area contributed by atoms with Crippen LogP contribution in [0.3, 0.4) is 0 Å². The molecule has 0 amide bonds. The molecule has 0 aliphatic carbocycles. The molecule has 0 radical (unpaired) electrons. The van der Waals surface area contributed by atoms with Crippen molar-refractivity contribution in [2.75, 3.05) is 19.7 Å². The number of hydrogen-bond acceptors (Lipinski definition) is 5. The van der Waals surface area contributed by atoms with Gasteiger partial charge in [-0.3, -0.25) is 4.68 Å². The maximum Gasteiger partial charge on any atom is 0.121 e. The zero-order valence-electron chi connectivity index (χ0n) is 15.0. The SMILES string of the molecule is Cn1nnc(-c2cc3c(s2)C2(CCNCC2)OCC3)c1[Si](C)(C)C. The Balaban J connectivity index is 1.81. The van der Waals surface area contributed by atoms with Crippen LogP contribution in [0.2, 0.25) is 19.6 Å². The summed E-state index contributed by atoms with van der Waals surface area (Å²) in [5, 5.41) is 13.7. The molecule has 4 rings (SSSR count). The maximum absolute atomic E-state index is 6.32. The Bertz CT molecular complexity index is 755. The standard InChI is InChI=1S/C17H26N4OSSi/c1-21-16(24(2,3)4)14(19-20-21)13-11-12-5-10-22-17(15(12)23-13)6-8-18-9-7-17/h11,18H,5-10H2,1-4H3. The lowest BCUT2D eigenvalue weighted by atomic mass is 9.86. The highest BCUT2D eigenvalue weighted by molar-refractivity contribution is 7.16. The van der Waals surface area contributed by atoms with Gasteiger partial charge in [0.25, 0.3) is 0 Å². The summed E-state index contributed by atoms with van der Waals surface area (Å²) >= 11 is 1.89. The number of aryl methyl sites for hydroxylation is 1. The van der Waals surface area contributed by atoms with E-state index in [1.165, 1.54) is 20.6 Å². The van der Waals surface area contributed by atoms with Crippen LogP contribution in [0.5, 0.6) is 0 Å². The van der Waals surface area contributed by atoms with Gasteiger partial charge in [-0.2, -0.15) is 0 Å². The highest BCUT2D eigenvalue weighted by Gasteiger charge is 2.41. The predicted octanol–water partition coefficient (Wildman–Crippen LogP) is 2.24. The van der Waals surface area contributed by atoms with Gasteiger partial charge < -0.3 is 10.1 Å². The largest absolute Gasteiger partial charge is 0.369 e. The summed E-state index contributed by atoms with van der Waals surface area (Å²) in [4.78, 5) is 2.71. The van der Waals surface area contributed by atoms with Crippen LogP contribution >= 0.6 is 11.3 Å². The van der Waals surface area contributed by atoms with Gasteiger partial charge in [0.15, 0.2) is 0 Å². The fourth-order valence-corrected chi connectivity index (χ4v) is 7.50. The van der Waals surface area contributed by atoms with Gasteiger partial charge in [-0.25, -0.2) is 0 Å². The molecule has 0 saturated carbocycles. The fourth-order valence-electron chi connectivity index (χ4n) is 4.10. The van der Waals surface area contributed by atoms with Crippen LogP contribution in [0, 0.1) is 0 Å². The van der Waals surface area contributed by atoms with Crippen molar-refractivity contribution in [2.24, 2.45) is 7.05 Å². The molecule has 2 aliphatic rings. The normalized spacial score (nSPS) is 20.3. The molecule has 1 spiro atoms. The molecule has 0 atom stereocenters. The molecule has 2 aromatic heterocycles. The molecule has 24 heavy (non-hydrogen) atoms. The van der Waals surface area contributed by atoms with Crippen molar-refractivity contribution in [1.29, 1.82) is 0 Å². The van der Waals surface area contributed by atoms with Crippen molar-refractivity contribution in [3.63, 3.8) is 0 Å². The van der Waals surface area contributed by atoms with Crippen molar-refractivity contribution >= 4 is 24.7 Å². The molecular weight excluding hydrogens is 336 g/mol. The van der Waals surface area contributed by atoms with Crippen LogP contribution in [-0.2, 0) is 23.8 Å². The van der Waals surface area contributed by atoms with E-state index in [2.05, 4.69) is 41.3 Å². The van der Waals surface area contributed by atoms with Gasteiger partial charge >= 0.3 is 0 Å². The van der Waals surface area contributed by atoms with Crippen LogP contribution in [0.4, 0.5) is 0 Å². The monoisotopic (exact) mass is 362 g/mol. The number of thiophene rings is 1. The average Bonchev–Trinajstić information content (AvgIpc) is 3.12. The molecule has 0 unspecified atom stereocenters. The predicted molar refractivity (Wildman–Crippen MR) is 101 cm³/mol. The minimum absolute atomic E-state index is 0.0662. The van der Waals surface area contributed by atoms with E-state index in [0.717, 1.165) is 44.7 Å². The van der Waals surface area contributed by atoms with Crippen LogP contribution in [-0.4, -0.2) is 42.8 Å². The van der Waals surface area contributed by atoms with E-state index < -0.39 is 8.07 Å². The number of rotatable bonds is 2. The molecule has 2 aliphatic heterocycles. The van der Waals surface area contributed by atoms with Crippen LogP contribution in [0.1, 0.15) is 23.3 Å². The lowest BCUT2D eigenvalue weighted by Gasteiger charge is -2.40. The van der Waals surface area contributed by atoms with E-state index in [9.17, 15) is 0 Å². The van der Waals surface area contributed by atoms with E-state index in [1.54, 1.807) is 0 Å². The first-order valence-corrected chi connectivity index (χ1v) is 13.1. The van der Waals surface area contributed by atoms with Crippen LogP contribution in [0.15, 0.2) is 6.07 Å². The summed E-state index contributed by atoms with van der Waals surface area (Å²) < 4.78 is 8.31. The number of aromatic nitrogens is 3. The van der Waals surface area contributed by atoms with E-state index >= 15 is 0 Å². The third-order valence-corrected chi connectivity index (χ3v) is 8.51. The molecule has 4 heterocycles. The van der Waals surface area contributed by atoms with Gasteiger partial charge in [0.1, 0.15) is 19.4 Å². The summed E-state index contributed by atoms with van der Waals surface area (Å²) in [6.07, 6.45) is 3.16. The van der Waals surface area contributed by atoms with Crippen LogP contribution < -0.4 is 10.6 Å². The van der Waals surface area contributed by atoms with Gasteiger partial charge in [0.2, 0.25) is 0 Å². The van der Waals surface area contributed by atoms with Crippen molar-refractivity contribution in [1.82, 2.24) is 20.3 Å². The van der Waals surface area contributed by atoms with E-state index in [1.807, 2.05) is 23.1 Å². The zero-order valence-corrected chi connectivity index (χ0v) is 16.8. The minimum atomic E-state index is -1.51. The summed E-state index contributed by atoms with van der Waals surface area (Å²) in [7, 11) is 0.512. The van der Waals surface area contributed by atoms with Gasteiger partial charge in [-0.05, 0) is 44.0 Å². The summed E-state index contributed by atoms with van der Waals surface area (Å²) in [6.45, 7) is 10.0. The molecule has 0 aromatic carbocycles. The number of ether oxygens (including phenoxy) is 1. The lowest BCUT2D eigenvalue weighted by Crippen LogP contribution is -2.44. The number of nitrogens with one attached hydrogen (secondary N) is 1. The first-order valence-electron chi connectivity index (χ1n) is 8.79.